The van der Waals surface area contributed by atoms with Gasteiger partial charge in [-0.25, -0.2) is 4.39 Å². The number of hydrogen-bond donors (Lipinski definition) is 1. The minimum absolute atomic E-state index is 0.213. The quantitative estimate of drug-likeness (QED) is 0.873. The van der Waals surface area contributed by atoms with Crippen molar-refractivity contribution in [3.63, 3.8) is 0 Å². The van der Waals surface area contributed by atoms with Gasteiger partial charge in [0.1, 0.15) is 17.1 Å². The predicted molar refractivity (Wildman–Crippen MR) is 62.4 cm³/mol. The first-order chi connectivity index (χ1) is 8.13. The number of phenols is 1. The number of halogens is 1. The van der Waals surface area contributed by atoms with E-state index < -0.39 is 11.7 Å². The molecule has 4 heteroatoms. The Balaban J connectivity index is 2.21. The highest BCUT2D eigenvalue weighted by Gasteiger charge is 2.28. The smallest absolute Gasteiger partial charge is 0.260 e. The first-order valence-corrected chi connectivity index (χ1v) is 5.90. The molecule has 3 nitrogen and oxygen atoms in total. The maximum absolute atomic E-state index is 13.5. The SMILES string of the molecule is CCN(CC1CC1)C(=O)c1c(O)cccc1F. The Labute approximate surface area is 99.9 Å². The van der Waals surface area contributed by atoms with Crippen LogP contribution >= 0.6 is 0 Å². The second kappa shape index (κ2) is 4.73. The molecule has 1 aliphatic carbocycles. The van der Waals surface area contributed by atoms with Gasteiger partial charge in [0.15, 0.2) is 0 Å². The molecule has 0 heterocycles. The van der Waals surface area contributed by atoms with Gasteiger partial charge in [0.2, 0.25) is 0 Å². The molecule has 0 bridgehead atoms. The average Bonchev–Trinajstić information content (AvgIpc) is 3.09. The van der Waals surface area contributed by atoms with E-state index in [0.717, 1.165) is 12.8 Å². The van der Waals surface area contributed by atoms with Crippen LogP contribution in [0.15, 0.2) is 18.2 Å². The molecule has 1 N–H and O–H groups in total. The zero-order valence-electron chi connectivity index (χ0n) is 9.82. The van der Waals surface area contributed by atoms with E-state index in [1.165, 1.54) is 18.2 Å². The molecule has 0 saturated heterocycles. The van der Waals surface area contributed by atoms with Crippen molar-refractivity contribution in [2.45, 2.75) is 19.8 Å². The van der Waals surface area contributed by atoms with Crippen LogP contribution in [0.2, 0.25) is 0 Å². The van der Waals surface area contributed by atoms with Crippen LogP contribution in [0.25, 0.3) is 0 Å². The van der Waals surface area contributed by atoms with Gasteiger partial charge in [-0.1, -0.05) is 6.07 Å². The zero-order valence-corrected chi connectivity index (χ0v) is 9.82. The Morgan fingerprint density at radius 3 is 2.76 bits per heavy atom. The molecule has 0 aliphatic heterocycles. The number of amides is 1. The summed E-state index contributed by atoms with van der Waals surface area (Å²) in [7, 11) is 0. The number of nitrogens with zero attached hydrogens (tertiary/aromatic N) is 1. The van der Waals surface area contributed by atoms with Crippen LogP contribution in [-0.2, 0) is 0 Å². The van der Waals surface area contributed by atoms with Crippen LogP contribution in [0.5, 0.6) is 5.75 Å². The lowest BCUT2D eigenvalue weighted by molar-refractivity contribution is 0.0749. The molecule has 17 heavy (non-hydrogen) atoms. The summed E-state index contributed by atoms with van der Waals surface area (Å²) in [5, 5.41) is 9.57. The topological polar surface area (TPSA) is 40.5 Å². The number of aromatic hydroxyl groups is 1. The lowest BCUT2D eigenvalue weighted by atomic mass is 10.1. The second-order valence-electron chi connectivity index (χ2n) is 4.42. The third-order valence-corrected chi connectivity index (χ3v) is 3.05. The molecule has 1 amide bonds. The van der Waals surface area contributed by atoms with E-state index in [-0.39, 0.29) is 11.3 Å². The van der Waals surface area contributed by atoms with Crippen molar-refractivity contribution in [2.75, 3.05) is 13.1 Å². The number of hydrogen-bond acceptors (Lipinski definition) is 2. The summed E-state index contributed by atoms with van der Waals surface area (Å²) in [5.41, 5.74) is -0.213. The van der Waals surface area contributed by atoms with Gasteiger partial charge in [-0.15, -0.1) is 0 Å². The van der Waals surface area contributed by atoms with Gasteiger partial charge in [-0.2, -0.15) is 0 Å². The molecule has 1 aromatic rings. The molecule has 92 valence electrons. The van der Waals surface area contributed by atoms with Gasteiger partial charge in [0.25, 0.3) is 5.91 Å². The van der Waals surface area contributed by atoms with Crippen molar-refractivity contribution in [1.29, 1.82) is 0 Å². The van der Waals surface area contributed by atoms with Crippen LogP contribution in [0, 0.1) is 11.7 Å². The number of rotatable bonds is 4. The van der Waals surface area contributed by atoms with E-state index in [4.69, 9.17) is 0 Å². The molecule has 0 unspecified atom stereocenters. The molecule has 1 aromatic carbocycles. The van der Waals surface area contributed by atoms with Crippen LogP contribution in [0.4, 0.5) is 4.39 Å². The molecule has 0 aromatic heterocycles. The van der Waals surface area contributed by atoms with Crippen molar-refractivity contribution in [1.82, 2.24) is 4.90 Å². The van der Waals surface area contributed by atoms with Crippen LogP contribution in [0.1, 0.15) is 30.1 Å². The Bertz CT molecular complexity index is 409. The lowest BCUT2D eigenvalue weighted by Crippen LogP contribution is -2.33. The summed E-state index contributed by atoms with van der Waals surface area (Å²) in [6.07, 6.45) is 2.26. The van der Waals surface area contributed by atoms with E-state index >= 15 is 0 Å². The fraction of sp³-hybridized carbons (Fsp3) is 0.462. The van der Waals surface area contributed by atoms with E-state index in [1.807, 2.05) is 6.92 Å². The molecule has 0 atom stereocenters. The summed E-state index contributed by atoms with van der Waals surface area (Å²) >= 11 is 0. The van der Waals surface area contributed by atoms with Gasteiger partial charge in [-0.3, -0.25) is 4.79 Å². The molecular weight excluding hydrogens is 221 g/mol. The van der Waals surface area contributed by atoms with Crippen molar-refractivity contribution >= 4 is 5.91 Å². The third kappa shape index (κ3) is 2.57. The summed E-state index contributed by atoms with van der Waals surface area (Å²) in [6.45, 7) is 3.05. The largest absolute Gasteiger partial charge is 0.507 e. The fourth-order valence-corrected chi connectivity index (χ4v) is 1.85. The van der Waals surface area contributed by atoms with Crippen molar-refractivity contribution in [3.8, 4) is 5.75 Å². The monoisotopic (exact) mass is 237 g/mol. The van der Waals surface area contributed by atoms with Crippen molar-refractivity contribution in [2.24, 2.45) is 5.92 Å². The van der Waals surface area contributed by atoms with Gasteiger partial charge in [0, 0.05) is 13.1 Å². The second-order valence-corrected chi connectivity index (χ2v) is 4.42. The molecule has 0 radical (unpaired) electrons. The normalized spacial score (nSPS) is 14.7. The number of phenolic OH excluding ortho intramolecular Hbond substituents is 1. The fourth-order valence-electron chi connectivity index (χ4n) is 1.85. The van der Waals surface area contributed by atoms with Gasteiger partial charge >= 0.3 is 0 Å². The van der Waals surface area contributed by atoms with Crippen LogP contribution in [-0.4, -0.2) is 29.0 Å². The summed E-state index contributed by atoms with van der Waals surface area (Å²) < 4.78 is 13.5. The Morgan fingerprint density at radius 2 is 2.24 bits per heavy atom. The summed E-state index contributed by atoms with van der Waals surface area (Å²) in [4.78, 5) is 13.7. The van der Waals surface area contributed by atoms with E-state index in [1.54, 1.807) is 4.90 Å². The first kappa shape index (κ1) is 11.9. The lowest BCUT2D eigenvalue weighted by Gasteiger charge is -2.21. The van der Waals surface area contributed by atoms with Crippen LogP contribution < -0.4 is 0 Å². The molecule has 1 aliphatic rings. The average molecular weight is 237 g/mol. The first-order valence-electron chi connectivity index (χ1n) is 5.90. The molecular formula is C13H16FNO2. The Hall–Kier alpha value is -1.58. The van der Waals surface area contributed by atoms with Crippen molar-refractivity contribution in [3.05, 3.63) is 29.6 Å². The zero-order chi connectivity index (χ0) is 12.4. The Morgan fingerprint density at radius 1 is 1.53 bits per heavy atom. The molecule has 1 saturated carbocycles. The molecule has 1 fully saturated rings. The van der Waals surface area contributed by atoms with E-state index in [0.29, 0.717) is 19.0 Å². The maximum atomic E-state index is 13.5. The van der Waals surface area contributed by atoms with Crippen molar-refractivity contribution < 1.29 is 14.3 Å². The number of carbonyl (C=O) groups excluding carboxylic acids is 1. The minimum Gasteiger partial charge on any atom is -0.507 e. The highest BCUT2D eigenvalue weighted by Crippen LogP contribution is 2.31. The van der Waals surface area contributed by atoms with Gasteiger partial charge in [-0.05, 0) is 37.8 Å². The summed E-state index contributed by atoms with van der Waals surface area (Å²) in [6, 6.07) is 3.91. The van der Waals surface area contributed by atoms with Crippen LogP contribution in [0.3, 0.4) is 0 Å². The highest BCUT2D eigenvalue weighted by atomic mass is 19.1. The minimum atomic E-state index is -0.663. The Kier molecular flexibility index (Phi) is 3.31. The highest BCUT2D eigenvalue weighted by molar-refractivity contribution is 5.97. The third-order valence-electron chi connectivity index (χ3n) is 3.05. The van der Waals surface area contributed by atoms with Gasteiger partial charge in [0.05, 0.1) is 0 Å². The predicted octanol–water partition coefficient (Wildman–Crippen LogP) is 2.40. The molecule has 0 spiro atoms. The maximum Gasteiger partial charge on any atom is 0.260 e. The van der Waals surface area contributed by atoms with E-state index in [2.05, 4.69) is 0 Å². The molecule has 2 rings (SSSR count). The number of carbonyl (C=O) groups is 1. The van der Waals surface area contributed by atoms with Gasteiger partial charge < -0.3 is 10.0 Å². The standard InChI is InChI=1S/C13H16FNO2/c1-2-15(8-9-6-7-9)13(17)12-10(14)4-3-5-11(12)16/h3-5,9,16H,2,6-8H2,1H3. The summed E-state index contributed by atoms with van der Waals surface area (Å²) in [5.74, 6) is -0.823. The number of benzene rings is 1. The van der Waals surface area contributed by atoms with E-state index in [9.17, 15) is 14.3 Å².